The van der Waals surface area contributed by atoms with Crippen LogP contribution in [0.2, 0.25) is 0 Å². The molecule has 178 valence electrons. The van der Waals surface area contributed by atoms with E-state index in [4.69, 9.17) is 21.1 Å². The quantitative estimate of drug-likeness (QED) is 0.500. The Bertz CT molecular complexity index is 890. The molecule has 6 nitrogen and oxygen atoms in total. The first-order valence-electron chi connectivity index (χ1n) is 11.3. The number of rotatable bonds is 4. The van der Waals surface area contributed by atoms with Crippen molar-refractivity contribution in [1.82, 2.24) is 0 Å². The number of hydrogen-bond acceptors (Lipinski definition) is 6. The third-order valence-corrected chi connectivity index (χ3v) is 9.57. The van der Waals surface area contributed by atoms with Crippen LogP contribution in [0.4, 0.5) is 4.39 Å². The number of ether oxygens (including phenoxy) is 2. The number of Topliss-reactive ketones (excluding diaryl/α,β-unsaturated/α-hetero) is 1. The molecule has 0 radical (unpaired) electrons. The number of alkyl halides is 2. The third kappa shape index (κ3) is 2.73. The van der Waals surface area contributed by atoms with Gasteiger partial charge in [0.2, 0.25) is 5.60 Å². The molecule has 32 heavy (non-hydrogen) atoms. The highest BCUT2D eigenvalue weighted by Crippen LogP contribution is 2.71. The van der Waals surface area contributed by atoms with Crippen LogP contribution in [-0.4, -0.2) is 59.1 Å². The number of hydrogen-bond donors (Lipinski definition) is 1. The average molecular weight is 471 g/mol. The molecule has 0 heterocycles. The van der Waals surface area contributed by atoms with Crippen molar-refractivity contribution in [2.75, 3.05) is 13.0 Å². The van der Waals surface area contributed by atoms with E-state index in [0.717, 1.165) is 5.57 Å². The lowest BCUT2D eigenvalue weighted by molar-refractivity contribution is -0.236. The molecule has 0 bridgehead atoms. The van der Waals surface area contributed by atoms with Crippen LogP contribution in [-0.2, 0) is 23.9 Å². The third-order valence-electron chi connectivity index (χ3n) is 9.33. The summed E-state index contributed by atoms with van der Waals surface area (Å²) in [5, 5.41) is 11.4. The van der Waals surface area contributed by atoms with Crippen molar-refractivity contribution >= 4 is 29.1 Å². The summed E-state index contributed by atoms with van der Waals surface area (Å²) >= 11 is 5.98. The van der Waals surface area contributed by atoms with E-state index in [2.05, 4.69) is 0 Å². The van der Waals surface area contributed by atoms with E-state index in [-0.39, 0.29) is 30.4 Å². The van der Waals surface area contributed by atoms with Gasteiger partial charge in [-0.15, -0.1) is 11.6 Å². The summed E-state index contributed by atoms with van der Waals surface area (Å²) in [5.41, 5.74) is -4.90. The Labute approximate surface area is 192 Å². The lowest BCUT2D eigenvalue weighted by atomic mass is 9.44. The fourth-order valence-electron chi connectivity index (χ4n) is 7.87. The summed E-state index contributed by atoms with van der Waals surface area (Å²) in [6.45, 7) is 4.84. The summed E-state index contributed by atoms with van der Waals surface area (Å²) < 4.78 is 28.7. The largest absolute Gasteiger partial charge is 0.448 e. The highest BCUT2D eigenvalue weighted by atomic mass is 35.5. The van der Waals surface area contributed by atoms with Gasteiger partial charge in [0.25, 0.3) is 0 Å². The second-order valence-corrected chi connectivity index (χ2v) is 10.7. The van der Waals surface area contributed by atoms with Crippen LogP contribution in [0.1, 0.15) is 59.3 Å². The number of aliphatic hydroxyl groups excluding tert-OH is 1. The Balaban J connectivity index is 1.87. The Kier molecular flexibility index (Phi) is 5.66. The van der Waals surface area contributed by atoms with E-state index in [1.807, 2.05) is 6.92 Å². The number of carbonyl (C=O) groups is 3. The molecule has 2 unspecified atom stereocenters. The molecule has 8 heteroatoms. The van der Waals surface area contributed by atoms with Crippen LogP contribution in [0, 0.1) is 22.7 Å². The van der Waals surface area contributed by atoms with Crippen LogP contribution in [0.15, 0.2) is 11.6 Å². The number of halogens is 2. The molecule has 0 aromatic rings. The maximum Gasteiger partial charge on any atom is 0.303 e. The number of esters is 1. The van der Waals surface area contributed by atoms with E-state index in [1.54, 1.807) is 13.0 Å². The van der Waals surface area contributed by atoms with Crippen molar-refractivity contribution in [2.24, 2.45) is 22.7 Å². The fourth-order valence-corrected chi connectivity index (χ4v) is 8.07. The molecule has 1 N–H and O–H groups in total. The minimum atomic E-state index is -1.96. The number of allylic oxidation sites excluding steroid dienone is 1. The predicted octanol–water partition coefficient (Wildman–Crippen LogP) is 3.32. The van der Waals surface area contributed by atoms with Crippen LogP contribution in [0.25, 0.3) is 0 Å². The monoisotopic (exact) mass is 470 g/mol. The van der Waals surface area contributed by atoms with Crippen molar-refractivity contribution in [1.29, 1.82) is 0 Å². The summed E-state index contributed by atoms with van der Waals surface area (Å²) in [7, 11) is 1.44. The molecule has 4 aliphatic carbocycles. The zero-order valence-electron chi connectivity index (χ0n) is 19.1. The lowest BCUT2D eigenvalue weighted by Gasteiger charge is -2.63. The Hall–Kier alpha value is -1.31. The summed E-state index contributed by atoms with van der Waals surface area (Å²) in [4.78, 5) is 37.5. The minimum absolute atomic E-state index is 0.00318. The van der Waals surface area contributed by atoms with E-state index in [1.165, 1.54) is 14.0 Å². The van der Waals surface area contributed by atoms with Crippen LogP contribution in [0.3, 0.4) is 0 Å². The molecule has 4 aliphatic rings. The van der Waals surface area contributed by atoms with E-state index in [9.17, 15) is 19.5 Å². The van der Waals surface area contributed by atoms with Gasteiger partial charge in [-0.25, -0.2) is 4.39 Å². The van der Waals surface area contributed by atoms with E-state index in [0.29, 0.717) is 25.7 Å². The molecule has 8 atom stereocenters. The summed E-state index contributed by atoms with van der Waals surface area (Å²) in [6.07, 6.45) is 1.20. The lowest BCUT2D eigenvalue weighted by Crippen LogP contribution is -2.70. The van der Waals surface area contributed by atoms with Gasteiger partial charge in [0.15, 0.2) is 11.6 Å². The van der Waals surface area contributed by atoms with Gasteiger partial charge in [0.1, 0.15) is 11.8 Å². The van der Waals surface area contributed by atoms with Gasteiger partial charge < -0.3 is 14.6 Å². The van der Waals surface area contributed by atoms with Gasteiger partial charge in [-0.3, -0.25) is 14.4 Å². The Morgan fingerprint density at radius 1 is 1.28 bits per heavy atom. The number of aliphatic hydroxyl groups is 1. The first-order chi connectivity index (χ1) is 14.9. The predicted molar refractivity (Wildman–Crippen MR) is 115 cm³/mol. The van der Waals surface area contributed by atoms with Crippen LogP contribution in [0.5, 0.6) is 0 Å². The zero-order chi connectivity index (χ0) is 23.7. The summed E-state index contributed by atoms with van der Waals surface area (Å²) in [6, 6.07) is 0. The first kappa shape index (κ1) is 23.8. The molecule has 0 spiro atoms. The minimum Gasteiger partial charge on any atom is -0.448 e. The maximum absolute atomic E-state index is 17.2. The number of fused-ring (bicyclic) bond motifs is 5. The van der Waals surface area contributed by atoms with Gasteiger partial charge in [0, 0.05) is 37.2 Å². The van der Waals surface area contributed by atoms with Gasteiger partial charge in [-0.2, -0.15) is 0 Å². The maximum atomic E-state index is 17.2. The van der Waals surface area contributed by atoms with Gasteiger partial charge in [0.05, 0.1) is 12.0 Å². The normalized spacial score (nSPS) is 47.7. The molecule has 0 aromatic carbocycles. The second-order valence-electron chi connectivity index (χ2n) is 10.5. The molecule has 4 rings (SSSR count). The van der Waals surface area contributed by atoms with E-state index >= 15 is 4.39 Å². The van der Waals surface area contributed by atoms with Gasteiger partial charge >= 0.3 is 5.97 Å². The molecule has 0 aliphatic heterocycles. The SMILES string of the molecule is COC1C[C@H]2[C@@H]3CCC4=CC(=O)CC[C@]4(C)[C@@]3(F)C(O)C[C@]2(C)[C@@]1(OC(C)=O)C(=O)CCl. The summed E-state index contributed by atoms with van der Waals surface area (Å²) in [5.74, 6) is -2.48. The molecular weight excluding hydrogens is 439 g/mol. The molecule has 3 saturated carbocycles. The van der Waals surface area contributed by atoms with Gasteiger partial charge in [-0.05, 0) is 44.1 Å². The number of ketones is 2. The molecule has 3 fully saturated rings. The van der Waals surface area contributed by atoms with Crippen molar-refractivity contribution in [2.45, 2.75) is 82.8 Å². The number of carbonyl (C=O) groups excluding carboxylic acids is 3. The smallest absolute Gasteiger partial charge is 0.303 e. The van der Waals surface area contributed by atoms with Crippen LogP contribution < -0.4 is 0 Å². The number of methoxy groups -OCH3 is 1. The van der Waals surface area contributed by atoms with Crippen molar-refractivity contribution in [3.8, 4) is 0 Å². The Morgan fingerprint density at radius 3 is 2.56 bits per heavy atom. The molecular formula is C24H32ClFO6. The van der Waals surface area contributed by atoms with Crippen molar-refractivity contribution in [3.05, 3.63) is 11.6 Å². The van der Waals surface area contributed by atoms with Gasteiger partial charge in [-0.1, -0.05) is 19.4 Å². The van der Waals surface area contributed by atoms with Crippen molar-refractivity contribution < 1.29 is 33.4 Å². The van der Waals surface area contributed by atoms with E-state index < -0.39 is 52.0 Å². The Morgan fingerprint density at radius 2 is 1.97 bits per heavy atom. The standard InChI is InChI=1S/C24H32ClFO6/c1-13(27)32-24(19(30)12-25)20(31-4)10-17-16-6-5-14-9-15(28)7-8-21(14,2)23(16,26)18(29)11-22(17,24)3/h9,16-18,20,29H,5-8,10-12H2,1-4H3/t16-,17-,18?,20?,21-,22-,23-,24+/m0/s1. The fraction of sp³-hybridized carbons (Fsp3) is 0.792. The second kappa shape index (κ2) is 7.60. The first-order valence-corrected chi connectivity index (χ1v) is 11.9. The highest BCUT2D eigenvalue weighted by molar-refractivity contribution is 6.29. The molecule has 0 amide bonds. The van der Waals surface area contributed by atoms with Crippen molar-refractivity contribution in [3.63, 3.8) is 0 Å². The zero-order valence-corrected chi connectivity index (χ0v) is 19.8. The molecule has 0 saturated heterocycles. The van der Waals surface area contributed by atoms with Crippen LogP contribution >= 0.6 is 11.6 Å². The topological polar surface area (TPSA) is 89.9 Å². The highest BCUT2D eigenvalue weighted by Gasteiger charge is 2.78. The molecule has 0 aromatic heterocycles. The average Bonchev–Trinajstić information content (AvgIpc) is 2.97.